The molecular formula is C13H17N3O3S. The molecule has 6 nitrogen and oxygen atoms in total. The van der Waals surface area contributed by atoms with Crippen molar-refractivity contribution in [1.29, 1.82) is 0 Å². The Labute approximate surface area is 117 Å². The van der Waals surface area contributed by atoms with Crippen molar-refractivity contribution in [2.75, 3.05) is 19.5 Å². The Balaban J connectivity index is 2.14. The fraction of sp³-hybridized carbons (Fsp3) is 0.462. The quantitative estimate of drug-likeness (QED) is 0.867. The molecule has 0 amide bonds. The summed E-state index contributed by atoms with van der Waals surface area (Å²) in [5, 5.41) is 0. The van der Waals surface area contributed by atoms with Crippen molar-refractivity contribution in [3.05, 3.63) is 24.0 Å². The van der Waals surface area contributed by atoms with E-state index in [0.29, 0.717) is 18.7 Å². The molecule has 2 heterocycles. The lowest BCUT2D eigenvalue weighted by atomic mass is 10.0. The maximum Gasteiger partial charge on any atom is 0.175 e. The van der Waals surface area contributed by atoms with Gasteiger partial charge in [0.1, 0.15) is 5.82 Å². The zero-order chi connectivity index (χ0) is 14.5. The molecule has 20 heavy (non-hydrogen) atoms. The number of hydrogen-bond acceptors (Lipinski definition) is 5. The van der Waals surface area contributed by atoms with Crippen LogP contribution in [0.15, 0.2) is 23.1 Å². The second-order valence-corrected chi connectivity index (χ2v) is 7.28. The molecule has 1 aliphatic rings. The van der Waals surface area contributed by atoms with E-state index in [2.05, 4.69) is 4.98 Å². The summed E-state index contributed by atoms with van der Waals surface area (Å²) >= 11 is 0. The fourth-order valence-corrected chi connectivity index (χ4v) is 3.24. The van der Waals surface area contributed by atoms with Gasteiger partial charge in [0.15, 0.2) is 9.84 Å². The molecule has 2 unspecified atom stereocenters. The lowest BCUT2D eigenvalue weighted by Gasteiger charge is -2.12. The largest absolute Gasteiger partial charge is 0.379 e. The number of ether oxygens (including phenoxy) is 1. The summed E-state index contributed by atoms with van der Waals surface area (Å²) in [5.41, 5.74) is 7.59. The summed E-state index contributed by atoms with van der Waals surface area (Å²) in [7, 11) is -1.31. The van der Waals surface area contributed by atoms with Crippen LogP contribution in [-0.4, -0.2) is 43.5 Å². The van der Waals surface area contributed by atoms with E-state index in [9.17, 15) is 8.42 Å². The molecule has 0 saturated carbocycles. The number of hydrogen-bond donors (Lipinski definition) is 1. The Hall–Kier alpha value is -1.44. The zero-order valence-electron chi connectivity index (χ0n) is 11.4. The lowest BCUT2D eigenvalue weighted by Crippen LogP contribution is -2.28. The number of rotatable bonds is 2. The summed E-state index contributed by atoms with van der Waals surface area (Å²) in [6, 6.07) is 4.92. The van der Waals surface area contributed by atoms with Gasteiger partial charge in [0.05, 0.1) is 35.1 Å². The minimum absolute atomic E-state index is 0.0501. The molecule has 0 aliphatic carbocycles. The highest BCUT2D eigenvalue weighted by Crippen LogP contribution is 2.27. The van der Waals surface area contributed by atoms with E-state index >= 15 is 0 Å². The van der Waals surface area contributed by atoms with Crippen LogP contribution in [0.1, 0.15) is 11.7 Å². The molecule has 108 valence electrons. The first-order valence-corrected chi connectivity index (χ1v) is 8.27. The van der Waals surface area contributed by atoms with Gasteiger partial charge >= 0.3 is 0 Å². The van der Waals surface area contributed by atoms with E-state index in [1.165, 1.54) is 6.26 Å². The summed E-state index contributed by atoms with van der Waals surface area (Å²) in [4.78, 5) is 4.84. The SMILES string of the molecule is Cn1c(C2COCC2N)nc2cc(S(C)(=O)=O)ccc21. The van der Waals surface area contributed by atoms with Gasteiger partial charge in [-0.1, -0.05) is 0 Å². The third-order valence-corrected chi connectivity index (χ3v) is 4.88. The van der Waals surface area contributed by atoms with Crippen molar-refractivity contribution in [3.8, 4) is 0 Å². The van der Waals surface area contributed by atoms with E-state index in [0.717, 1.165) is 11.3 Å². The summed E-state index contributed by atoms with van der Waals surface area (Å²) in [5.74, 6) is 0.893. The molecule has 1 aliphatic heterocycles. The molecule has 2 N–H and O–H groups in total. The van der Waals surface area contributed by atoms with Crippen molar-refractivity contribution in [3.63, 3.8) is 0 Å². The smallest absolute Gasteiger partial charge is 0.175 e. The number of aryl methyl sites for hydroxylation is 1. The minimum atomic E-state index is -3.23. The molecule has 1 fully saturated rings. The molecule has 2 aromatic rings. The van der Waals surface area contributed by atoms with E-state index in [4.69, 9.17) is 10.5 Å². The average Bonchev–Trinajstić information content (AvgIpc) is 2.92. The number of imidazole rings is 1. The van der Waals surface area contributed by atoms with Crippen LogP contribution in [0.3, 0.4) is 0 Å². The van der Waals surface area contributed by atoms with Crippen LogP contribution in [0.4, 0.5) is 0 Å². The number of aromatic nitrogens is 2. The predicted molar refractivity (Wildman–Crippen MR) is 75.4 cm³/mol. The predicted octanol–water partition coefficient (Wildman–Crippen LogP) is 0.418. The molecule has 0 bridgehead atoms. The summed E-state index contributed by atoms with van der Waals surface area (Å²) in [6.07, 6.45) is 1.19. The van der Waals surface area contributed by atoms with Gasteiger partial charge in [-0.05, 0) is 18.2 Å². The maximum absolute atomic E-state index is 11.6. The third kappa shape index (κ3) is 2.11. The first kappa shape index (κ1) is 13.5. The minimum Gasteiger partial charge on any atom is -0.379 e. The van der Waals surface area contributed by atoms with Gasteiger partial charge in [0, 0.05) is 19.3 Å². The normalized spacial score (nSPS) is 23.6. The second kappa shape index (κ2) is 4.54. The number of nitrogens with two attached hydrogens (primary N) is 1. The Morgan fingerprint density at radius 2 is 2.15 bits per heavy atom. The summed E-state index contributed by atoms with van der Waals surface area (Å²) < 4.78 is 30.5. The number of nitrogens with zero attached hydrogens (tertiary/aromatic N) is 2. The van der Waals surface area contributed by atoms with Crippen molar-refractivity contribution in [1.82, 2.24) is 9.55 Å². The van der Waals surface area contributed by atoms with Crippen molar-refractivity contribution in [2.24, 2.45) is 12.8 Å². The molecule has 3 rings (SSSR count). The number of sulfone groups is 1. The molecule has 2 atom stereocenters. The summed E-state index contributed by atoms with van der Waals surface area (Å²) in [6.45, 7) is 1.08. The van der Waals surface area contributed by atoms with Crippen molar-refractivity contribution < 1.29 is 13.2 Å². The molecule has 1 aromatic carbocycles. The van der Waals surface area contributed by atoms with Gasteiger partial charge in [-0.15, -0.1) is 0 Å². The van der Waals surface area contributed by atoms with Gasteiger partial charge < -0.3 is 15.0 Å². The second-order valence-electron chi connectivity index (χ2n) is 5.26. The highest BCUT2D eigenvalue weighted by atomic mass is 32.2. The van der Waals surface area contributed by atoms with Crippen LogP contribution >= 0.6 is 0 Å². The Morgan fingerprint density at radius 1 is 1.40 bits per heavy atom. The van der Waals surface area contributed by atoms with Crippen LogP contribution in [-0.2, 0) is 21.6 Å². The first-order valence-electron chi connectivity index (χ1n) is 6.37. The van der Waals surface area contributed by atoms with E-state index in [-0.39, 0.29) is 16.9 Å². The van der Waals surface area contributed by atoms with Crippen LogP contribution in [0, 0.1) is 0 Å². The molecule has 1 aromatic heterocycles. The van der Waals surface area contributed by atoms with E-state index < -0.39 is 9.84 Å². The maximum atomic E-state index is 11.6. The number of benzene rings is 1. The third-order valence-electron chi connectivity index (χ3n) is 3.77. The average molecular weight is 295 g/mol. The molecule has 7 heteroatoms. The highest BCUT2D eigenvalue weighted by molar-refractivity contribution is 7.90. The lowest BCUT2D eigenvalue weighted by molar-refractivity contribution is 0.190. The van der Waals surface area contributed by atoms with Gasteiger partial charge in [0.2, 0.25) is 0 Å². The highest BCUT2D eigenvalue weighted by Gasteiger charge is 2.30. The standard InChI is InChI=1S/C13H17N3O3S/c1-16-12-4-3-8(20(2,17)18)5-11(12)15-13(16)9-6-19-7-10(9)14/h3-5,9-10H,6-7,14H2,1-2H3. The van der Waals surface area contributed by atoms with Gasteiger partial charge in [-0.2, -0.15) is 0 Å². The van der Waals surface area contributed by atoms with Crippen molar-refractivity contribution >= 4 is 20.9 Å². The van der Waals surface area contributed by atoms with Crippen LogP contribution in [0.5, 0.6) is 0 Å². The van der Waals surface area contributed by atoms with Gasteiger partial charge in [0.25, 0.3) is 0 Å². The van der Waals surface area contributed by atoms with E-state index in [1.807, 2.05) is 11.6 Å². The Morgan fingerprint density at radius 3 is 2.75 bits per heavy atom. The molecule has 0 radical (unpaired) electrons. The Kier molecular flexibility index (Phi) is 3.07. The topological polar surface area (TPSA) is 87.2 Å². The van der Waals surface area contributed by atoms with Crippen molar-refractivity contribution in [2.45, 2.75) is 16.9 Å². The number of fused-ring (bicyclic) bond motifs is 1. The monoisotopic (exact) mass is 295 g/mol. The van der Waals surface area contributed by atoms with Crippen LogP contribution in [0.25, 0.3) is 11.0 Å². The fourth-order valence-electron chi connectivity index (χ4n) is 2.60. The Bertz CT molecular complexity index is 767. The molecule has 0 spiro atoms. The zero-order valence-corrected chi connectivity index (χ0v) is 12.2. The molecular weight excluding hydrogens is 278 g/mol. The van der Waals surface area contributed by atoms with Crippen LogP contribution < -0.4 is 5.73 Å². The van der Waals surface area contributed by atoms with Crippen LogP contribution in [0.2, 0.25) is 0 Å². The van der Waals surface area contributed by atoms with Gasteiger partial charge in [-0.25, -0.2) is 13.4 Å². The first-order chi connectivity index (χ1) is 9.38. The van der Waals surface area contributed by atoms with Gasteiger partial charge in [-0.3, -0.25) is 0 Å². The van der Waals surface area contributed by atoms with E-state index in [1.54, 1.807) is 18.2 Å². The molecule has 1 saturated heterocycles.